The number of fused-ring (bicyclic) bond motifs is 4. The predicted octanol–water partition coefficient (Wildman–Crippen LogP) is 11.7. The molecule has 8 N–H and O–H groups in total. The molecule has 17 rings (SSSR count). The van der Waals surface area contributed by atoms with Crippen molar-refractivity contribution in [1.82, 2.24) is 88.9 Å². The lowest BCUT2D eigenvalue weighted by atomic mass is 9.94. The van der Waals surface area contributed by atoms with Crippen LogP contribution in [0, 0.1) is 10.4 Å². The molecular formula is C73H81Br4N25O3S. The van der Waals surface area contributed by atoms with Gasteiger partial charge in [0.25, 0.3) is 0 Å². The molecule has 0 radical (unpaired) electrons. The molecule has 0 spiro atoms. The third-order valence-corrected chi connectivity index (χ3v) is 22.0. The number of nitrogens with zero attached hydrogens (tertiary/aromatic N) is 18. The van der Waals surface area contributed by atoms with Gasteiger partial charge in [0, 0.05) is 138 Å². The van der Waals surface area contributed by atoms with E-state index in [0.29, 0.717) is 49.6 Å². The van der Waals surface area contributed by atoms with Crippen LogP contribution in [0.2, 0.25) is 0 Å². The van der Waals surface area contributed by atoms with Gasteiger partial charge < -0.3 is 57.6 Å². The molecule has 13 aromatic rings. The first-order valence-electron chi connectivity index (χ1n) is 35.5. The molecule has 0 saturated carbocycles. The second-order valence-corrected chi connectivity index (χ2v) is 31.1. The molecule has 33 heteroatoms. The summed E-state index contributed by atoms with van der Waals surface area (Å²) >= 11 is 15.6. The Morgan fingerprint density at radius 1 is 0.519 bits per heavy atom. The maximum Gasteiger partial charge on any atom is 0.185 e. The highest BCUT2D eigenvalue weighted by molar-refractivity contribution is 9.11. The zero-order valence-electron chi connectivity index (χ0n) is 58.4. The van der Waals surface area contributed by atoms with Crippen LogP contribution in [0.4, 0.5) is 29.1 Å². The second-order valence-electron chi connectivity index (χ2n) is 27.1. The molecule has 16 heterocycles. The fourth-order valence-electron chi connectivity index (χ4n) is 13.8. The third-order valence-electron chi connectivity index (χ3n) is 19.3. The highest BCUT2D eigenvalue weighted by Crippen LogP contribution is 2.36. The number of hydrogen-bond donors (Lipinski definition) is 8. The molecule has 4 saturated heterocycles. The Morgan fingerprint density at radius 2 is 0.934 bits per heavy atom. The van der Waals surface area contributed by atoms with Crippen LogP contribution in [0.15, 0.2) is 170 Å². The molecule has 1 aromatic carbocycles. The summed E-state index contributed by atoms with van der Waals surface area (Å²) in [4.78, 5) is 25.7. The zero-order chi connectivity index (χ0) is 73.1. The Labute approximate surface area is 649 Å². The molecule has 0 bridgehead atoms. The van der Waals surface area contributed by atoms with Crippen LogP contribution in [0.1, 0.15) is 122 Å². The van der Waals surface area contributed by atoms with Crippen molar-refractivity contribution < 1.29 is 14.6 Å². The van der Waals surface area contributed by atoms with E-state index in [2.05, 4.69) is 189 Å². The highest BCUT2D eigenvalue weighted by Gasteiger charge is 2.37. The van der Waals surface area contributed by atoms with Gasteiger partial charge in [-0.3, -0.25) is 4.98 Å². The predicted molar refractivity (Wildman–Crippen MR) is 424 cm³/mol. The van der Waals surface area contributed by atoms with Crippen LogP contribution in [0.3, 0.4) is 0 Å². The Bertz CT molecular complexity index is 5080. The molecule has 0 aliphatic carbocycles. The fraction of sp³-hybridized carbons (Fsp3) is 0.356. The molecule has 12 aromatic heterocycles. The van der Waals surface area contributed by atoms with E-state index in [1.54, 1.807) is 58.3 Å². The maximum atomic E-state index is 11.5. The van der Waals surface area contributed by atoms with Gasteiger partial charge in [-0.25, -0.2) is 19.9 Å². The number of anilines is 5. The molecule has 550 valence electrons. The summed E-state index contributed by atoms with van der Waals surface area (Å²) in [7, 11) is 0. The summed E-state index contributed by atoms with van der Waals surface area (Å²) < 4.78 is 16.3. The van der Waals surface area contributed by atoms with Gasteiger partial charge in [-0.2, -0.15) is 47.9 Å². The van der Waals surface area contributed by atoms with E-state index in [9.17, 15) is 15.5 Å². The lowest BCUT2D eigenvalue weighted by Gasteiger charge is -2.34. The first-order chi connectivity index (χ1) is 51.6. The van der Waals surface area contributed by atoms with Crippen molar-refractivity contribution in [2.24, 2.45) is 0 Å². The van der Waals surface area contributed by atoms with E-state index in [1.807, 2.05) is 58.7 Å². The van der Waals surface area contributed by atoms with Crippen molar-refractivity contribution in [2.75, 3.05) is 72.0 Å². The molecule has 1 atom stereocenters. The number of halogens is 4. The van der Waals surface area contributed by atoms with Crippen LogP contribution in [0.5, 0.6) is 0 Å². The normalized spacial score (nSPS) is 16.0. The van der Waals surface area contributed by atoms with Crippen molar-refractivity contribution in [3.8, 4) is 11.3 Å². The number of pyridine rings is 3. The summed E-state index contributed by atoms with van der Waals surface area (Å²) in [5, 5.41) is 81.3. The minimum Gasteiger partial charge on any atom is -0.619 e. The van der Waals surface area contributed by atoms with Gasteiger partial charge in [0.2, 0.25) is 0 Å². The zero-order valence-corrected chi connectivity index (χ0v) is 65.6. The smallest absolute Gasteiger partial charge is 0.185 e. The Balaban J connectivity index is 0.000000119. The van der Waals surface area contributed by atoms with Crippen LogP contribution in [-0.4, -0.2) is 136 Å². The number of aromatic nitrogens is 17. The molecule has 106 heavy (non-hydrogen) atoms. The monoisotopic (exact) mass is 1700 g/mol. The van der Waals surface area contributed by atoms with Gasteiger partial charge in [-0.1, -0.05) is 34.8 Å². The van der Waals surface area contributed by atoms with Crippen LogP contribution < -0.4 is 51.6 Å². The van der Waals surface area contributed by atoms with Crippen LogP contribution in [-0.2, 0) is 26.2 Å². The number of piperidine rings is 3. The van der Waals surface area contributed by atoms with E-state index in [1.165, 1.54) is 35.7 Å². The average Bonchev–Trinajstić information content (AvgIpc) is 1.63. The summed E-state index contributed by atoms with van der Waals surface area (Å²) in [6.07, 6.45) is 25.3. The van der Waals surface area contributed by atoms with Gasteiger partial charge in [0.15, 0.2) is 47.4 Å². The largest absolute Gasteiger partial charge is 0.619 e. The molecule has 4 aliphatic heterocycles. The Morgan fingerprint density at radius 3 is 1.34 bits per heavy atom. The quantitative estimate of drug-likeness (QED) is 0.0292. The number of rotatable bonds is 18. The second kappa shape index (κ2) is 34.3. The molecule has 0 amide bonds. The number of aliphatic hydroxyl groups is 1. The molecule has 4 fully saturated rings. The Hall–Kier alpha value is -8.93. The van der Waals surface area contributed by atoms with Gasteiger partial charge in [0.05, 0.1) is 54.3 Å². The van der Waals surface area contributed by atoms with E-state index in [4.69, 9.17) is 19.9 Å². The Kier molecular flexibility index (Phi) is 23.9. The van der Waals surface area contributed by atoms with Gasteiger partial charge in [-0.05, 0) is 209 Å². The van der Waals surface area contributed by atoms with Gasteiger partial charge in [-0.15, -0.1) is 5.10 Å². The van der Waals surface area contributed by atoms with Crippen LogP contribution >= 0.6 is 75.3 Å². The average molecular weight is 1710 g/mol. The SMILES string of the molecule is Brc1cnn2c(NCc3ccc(-c4csnn4)cc3)cc(C3CCNCC3)nc12.Brc1cnn2c(NCc3cccnc3)cc(C3CCNCC3)nc12.CC(C)(O)[C@@H]1CCCN1c1cc(NCc2ccc[n+]([O-])c2)n2ncc(Br)c2n1.[O-][n+]1cccc(CNc2cc(C3CCNCC3)nc3c(Br)cnn23)c1. The van der Waals surface area contributed by atoms with Gasteiger partial charge in [0.1, 0.15) is 34.8 Å². The molecular weight excluding hydrogens is 1630 g/mol. The van der Waals surface area contributed by atoms with E-state index < -0.39 is 5.60 Å². The van der Waals surface area contributed by atoms with Crippen molar-refractivity contribution >= 4 is 127 Å². The fourth-order valence-corrected chi connectivity index (χ4v) is 15.6. The lowest BCUT2D eigenvalue weighted by molar-refractivity contribution is -0.606. The number of nitrogens with one attached hydrogen (secondary N) is 7. The first-order valence-corrected chi connectivity index (χ1v) is 39.5. The summed E-state index contributed by atoms with van der Waals surface area (Å²) in [6, 6.07) is 28.0. The van der Waals surface area contributed by atoms with E-state index >= 15 is 0 Å². The summed E-state index contributed by atoms with van der Waals surface area (Å²) in [5.41, 5.74) is 11.9. The third kappa shape index (κ3) is 18.0. The van der Waals surface area contributed by atoms with Crippen molar-refractivity contribution in [3.63, 3.8) is 0 Å². The maximum absolute atomic E-state index is 11.5. The molecule has 0 unspecified atom stereocenters. The van der Waals surface area contributed by atoms with Crippen LogP contribution in [0.25, 0.3) is 33.8 Å². The van der Waals surface area contributed by atoms with E-state index in [-0.39, 0.29) is 6.04 Å². The minimum atomic E-state index is -0.818. The standard InChI is InChI=1S/C20H20BrN7S.C19H23BrN6O2.C17H19BrN6O.C17H19BrN6/c21-16-11-24-28-19(9-17(25-20(16)28)15-5-7-22-8-6-15)23-10-13-1-3-14(4-2-13)18-12-29-27-26-18;1-19(2,27)15-6-4-8-25(15)17-9-16(26-18(23-17)14(20)11-22-26)21-10-13-5-3-7-24(28)12-13;18-14-10-21-24-16(20-9-12-2-1-7-23(25)11-12)8-15(22-17(14)24)13-3-5-19-6-4-13;18-14-11-22-24-16(21-10-12-2-1-5-20-9-12)8-15(23-17(14)24)13-3-6-19-7-4-13/h1-4,9,11-12,15,22-23H,5-8,10H2;3,5,7,9,11-12,15,21,27H,4,6,8,10H2,1-2H3;1-2,7-8,10-11,13,19-20H,3-6,9H2;1-2,5,8-9,11,13,19,21H,3-4,6-7,10H2/t;15-;;/m.0../s1. The number of hydrogen-bond acceptors (Lipinski definition) is 23. The van der Waals surface area contributed by atoms with Gasteiger partial charge >= 0.3 is 0 Å². The summed E-state index contributed by atoms with van der Waals surface area (Å²) in [6.45, 7) is 13.2. The highest BCUT2D eigenvalue weighted by atomic mass is 79.9. The van der Waals surface area contributed by atoms with E-state index in [0.717, 1.165) is 216 Å². The first kappa shape index (κ1) is 73.9. The molecule has 4 aliphatic rings. The number of benzene rings is 1. The van der Waals surface area contributed by atoms with Crippen molar-refractivity contribution in [2.45, 2.75) is 121 Å². The van der Waals surface area contributed by atoms with Crippen molar-refractivity contribution in [3.05, 3.63) is 220 Å². The van der Waals surface area contributed by atoms with Crippen molar-refractivity contribution in [1.29, 1.82) is 0 Å². The minimum absolute atomic E-state index is 0.00513. The lowest BCUT2D eigenvalue weighted by Crippen LogP contribution is -2.46. The molecule has 28 nitrogen and oxygen atoms in total. The topological polar surface area (TPSA) is 321 Å². The summed E-state index contributed by atoms with van der Waals surface area (Å²) in [5.74, 6) is 5.80.